The Morgan fingerprint density at radius 2 is 2.47 bits per heavy atom. The molecule has 3 unspecified atom stereocenters. The SMILES string of the molecule is CCCn1cc(CNC2CC3CCC2O3)cn1. The van der Waals surface area contributed by atoms with Crippen molar-refractivity contribution in [2.45, 2.75) is 63.9 Å². The molecule has 2 bridgehead atoms. The van der Waals surface area contributed by atoms with Gasteiger partial charge in [-0.25, -0.2) is 0 Å². The summed E-state index contributed by atoms with van der Waals surface area (Å²) in [6, 6.07) is 0.559. The fourth-order valence-electron chi connectivity index (χ4n) is 2.95. The van der Waals surface area contributed by atoms with E-state index in [4.69, 9.17) is 4.74 Å². The van der Waals surface area contributed by atoms with Gasteiger partial charge < -0.3 is 10.1 Å². The summed E-state index contributed by atoms with van der Waals surface area (Å²) >= 11 is 0. The highest BCUT2D eigenvalue weighted by Gasteiger charge is 2.40. The van der Waals surface area contributed by atoms with E-state index in [1.807, 2.05) is 10.9 Å². The lowest BCUT2D eigenvalue weighted by Crippen LogP contribution is -2.36. The first-order valence-corrected chi connectivity index (χ1v) is 6.75. The lowest BCUT2D eigenvalue weighted by molar-refractivity contribution is 0.0973. The molecular weight excluding hydrogens is 214 g/mol. The van der Waals surface area contributed by atoms with E-state index in [-0.39, 0.29) is 0 Å². The van der Waals surface area contributed by atoms with Crippen molar-refractivity contribution in [1.82, 2.24) is 15.1 Å². The van der Waals surface area contributed by atoms with Gasteiger partial charge in [0.2, 0.25) is 0 Å². The average Bonchev–Trinajstić information content (AvgIpc) is 3.02. The number of aromatic nitrogens is 2. The number of nitrogens with zero attached hydrogens (tertiary/aromatic N) is 2. The lowest BCUT2D eigenvalue weighted by Gasteiger charge is -2.19. The minimum Gasteiger partial charge on any atom is -0.373 e. The van der Waals surface area contributed by atoms with Crippen molar-refractivity contribution in [3.05, 3.63) is 18.0 Å². The molecule has 2 aliphatic rings. The highest BCUT2D eigenvalue weighted by atomic mass is 16.5. The first-order chi connectivity index (χ1) is 8.35. The molecule has 2 aliphatic heterocycles. The molecule has 94 valence electrons. The van der Waals surface area contributed by atoms with Crippen LogP contribution in [0.2, 0.25) is 0 Å². The van der Waals surface area contributed by atoms with Crippen LogP contribution in [-0.4, -0.2) is 28.0 Å². The van der Waals surface area contributed by atoms with Crippen molar-refractivity contribution >= 4 is 0 Å². The predicted molar refractivity (Wildman–Crippen MR) is 65.7 cm³/mol. The first-order valence-electron chi connectivity index (χ1n) is 6.75. The molecule has 1 N–H and O–H groups in total. The molecule has 0 saturated carbocycles. The molecule has 4 nitrogen and oxygen atoms in total. The Labute approximate surface area is 102 Å². The lowest BCUT2D eigenvalue weighted by atomic mass is 9.95. The Morgan fingerprint density at radius 3 is 3.18 bits per heavy atom. The van der Waals surface area contributed by atoms with Crippen LogP contribution < -0.4 is 5.32 Å². The van der Waals surface area contributed by atoms with Crippen LogP contribution in [0.15, 0.2) is 12.4 Å². The van der Waals surface area contributed by atoms with E-state index in [2.05, 4.69) is 23.5 Å². The van der Waals surface area contributed by atoms with E-state index in [0.29, 0.717) is 18.2 Å². The zero-order valence-electron chi connectivity index (χ0n) is 10.4. The van der Waals surface area contributed by atoms with Crippen LogP contribution in [0.4, 0.5) is 0 Å². The van der Waals surface area contributed by atoms with E-state index < -0.39 is 0 Å². The van der Waals surface area contributed by atoms with Crippen LogP contribution in [0.5, 0.6) is 0 Å². The largest absolute Gasteiger partial charge is 0.373 e. The second kappa shape index (κ2) is 4.78. The molecule has 3 atom stereocenters. The molecule has 0 aliphatic carbocycles. The van der Waals surface area contributed by atoms with Gasteiger partial charge in [0.05, 0.1) is 18.4 Å². The van der Waals surface area contributed by atoms with Crippen molar-refractivity contribution < 1.29 is 4.74 Å². The van der Waals surface area contributed by atoms with Crippen LogP contribution in [0.1, 0.15) is 38.2 Å². The molecule has 3 heterocycles. The second-order valence-electron chi connectivity index (χ2n) is 5.21. The van der Waals surface area contributed by atoms with Crippen molar-refractivity contribution in [3.63, 3.8) is 0 Å². The van der Waals surface area contributed by atoms with E-state index in [0.717, 1.165) is 19.5 Å². The zero-order valence-corrected chi connectivity index (χ0v) is 10.4. The highest BCUT2D eigenvalue weighted by Crippen LogP contribution is 2.34. The van der Waals surface area contributed by atoms with Gasteiger partial charge >= 0.3 is 0 Å². The molecule has 0 amide bonds. The van der Waals surface area contributed by atoms with Gasteiger partial charge in [-0.05, 0) is 25.7 Å². The maximum Gasteiger partial charge on any atom is 0.0733 e. The van der Waals surface area contributed by atoms with Crippen LogP contribution in [0, 0.1) is 0 Å². The predicted octanol–water partition coefficient (Wildman–Crippen LogP) is 1.70. The van der Waals surface area contributed by atoms with Gasteiger partial charge in [0.1, 0.15) is 0 Å². The average molecular weight is 235 g/mol. The van der Waals surface area contributed by atoms with Gasteiger partial charge in [-0.2, -0.15) is 5.10 Å². The number of aryl methyl sites for hydroxylation is 1. The van der Waals surface area contributed by atoms with Gasteiger partial charge in [0.25, 0.3) is 0 Å². The Bertz CT molecular complexity index is 376. The normalized spacial score (nSPS) is 31.2. The molecule has 17 heavy (non-hydrogen) atoms. The van der Waals surface area contributed by atoms with Crippen molar-refractivity contribution in [1.29, 1.82) is 0 Å². The van der Waals surface area contributed by atoms with E-state index in [1.54, 1.807) is 0 Å². The quantitative estimate of drug-likeness (QED) is 0.844. The number of hydrogen-bond donors (Lipinski definition) is 1. The maximum absolute atomic E-state index is 5.83. The Hall–Kier alpha value is -0.870. The third kappa shape index (κ3) is 2.38. The third-order valence-corrected chi connectivity index (χ3v) is 3.81. The summed E-state index contributed by atoms with van der Waals surface area (Å²) in [6.45, 7) is 4.10. The van der Waals surface area contributed by atoms with E-state index in [9.17, 15) is 0 Å². The molecule has 0 radical (unpaired) electrons. The van der Waals surface area contributed by atoms with Crippen LogP contribution >= 0.6 is 0 Å². The van der Waals surface area contributed by atoms with E-state index in [1.165, 1.54) is 24.8 Å². The summed E-state index contributed by atoms with van der Waals surface area (Å²) in [5.41, 5.74) is 1.28. The topological polar surface area (TPSA) is 39.1 Å². The van der Waals surface area contributed by atoms with Crippen LogP contribution in [-0.2, 0) is 17.8 Å². The minimum atomic E-state index is 0.464. The molecule has 2 fully saturated rings. The smallest absolute Gasteiger partial charge is 0.0733 e. The molecule has 0 spiro atoms. The Morgan fingerprint density at radius 1 is 1.53 bits per heavy atom. The fraction of sp³-hybridized carbons (Fsp3) is 0.769. The number of nitrogens with one attached hydrogen (secondary N) is 1. The molecule has 2 saturated heterocycles. The number of ether oxygens (including phenoxy) is 1. The molecule has 0 aromatic carbocycles. The van der Waals surface area contributed by atoms with Gasteiger partial charge in [-0.15, -0.1) is 0 Å². The monoisotopic (exact) mass is 235 g/mol. The molecule has 1 aromatic heterocycles. The van der Waals surface area contributed by atoms with Gasteiger partial charge in [0.15, 0.2) is 0 Å². The van der Waals surface area contributed by atoms with Gasteiger partial charge in [-0.3, -0.25) is 4.68 Å². The van der Waals surface area contributed by atoms with Gasteiger partial charge in [-0.1, -0.05) is 6.92 Å². The minimum absolute atomic E-state index is 0.464. The fourth-order valence-corrected chi connectivity index (χ4v) is 2.95. The van der Waals surface area contributed by atoms with Crippen LogP contribution in [0.3, 0.4) is 0 Å². The first kappa shape index (κ1) is 11.2. The summed E-state index contributed by atoms with van der Waals surface area (Å²) < 4.78 is 7.86. The summed E-state index contributed by atoms with van der Waals surface area (Å²) in [6.07, 6.45) is 9.92. The van der Waals surface area contributed by atoms with E-state index >= 15 is 0 Å². The molecular formula is C13H21N3O. The van der Waals surface area contributed by atoms with Crippen LogP contribution in [0.25, 0.3) is 0 Å². The molecule has 3 rings (SSSR count). The van der Waals surface area contributed by atoms with Crippen molar-refractivity contribution in [2.24, 2.45) is 0 Å². The zero-order chi connectivity index (χ0) is 11.7. The number of hydrogen-bond acceptors (Lipinski definition) is 3. The summed E-state index contributed by atoms with van der Waals surface area (Å²) in [5, 5.41) is 7.95. The summed E-state index contributed by atoms with van der Waals surface area (Å²) in [7, 11) is 0. The summed E-state index contributed by atoms with van der Waals surface area (Å²) in [4.78, 5) is 0. The number of rotatable bonds is 5. The van der Waals surface area contributed by atoms with Crippen molar-refractivity contribution in [2.75, 3.05) is 0 Å². The second-order valence-corrected chi connectivity index (χ2v) is 5.21. The van der Waals surface area contributed by atoms with Gasteiger partial charge in [0, 0.05) is 30.9 Å². The molecule has 4 heteroatoms. The third-order valence-electron chi connectivity index (χ3n) is 3.81. The number of fused-ring (bicyclic) bond motifs is 2. The highest BCUT2D eigenvalue weighted by molar-refractivity contribution is 5.05. The standard InChI is InChI=1S/C13H21N3O/c1-2-5-16-9-10(8-15-16)7-14-12-6-11-3-4-13(12)17-11/h8-9,11-14H,2-7H2,1H3. The molecule has 1 aromatic rings. The summed E-state index contributed by atoms with van der Waals surface area (Å²) in [5.74, 6) is 0. The Kier molecular flexibility index (Phi) is 3.16. The van der Waals surface area contributed by atoms with Crippen molar-refractivity contribution in [3.8, 4) is 0 Å². The maximum atomic E-state index is 5.83. The Balaban J connectivity index is 1.50.